The number of fused-ring (bicyclic) bond motifs is 1. The summed E-state index contributed by atoms with van der Waals surface area (Å²) in [5.41, 5.74) is 4.31. The van der Waals surface area contributed by atoms with Gasteiger partial charge >= 0.3 is 0 Å². The first-order valence-electron chi connectivity index (χ1n) is 8.57. The molecule has 142 valence electrons. The molecule has 0 saturated carbocycles. The van der Waals surface area contributed by atoms with Gasteiger partial charge in [0, 0.05) is 17.4 Å². The number of ketones is 1. The molecule has 2 rings (SSSR count). The molecule has 3 N–H and O–H groups in total. The quantitative estimate of drug-likeness (QED) is 0.736. The molecule has 0 aliphatic heterocycles. The van der Waals surface area contributed by atoms with Crippen molar-refractivity contribution in [3.63, 3.8) is 0 Å². The van der Waals surface area contributed by atoms with Gasteiger partial charge in [-0.25, -0.2) is 4.68 Å². The van der Waals surface area contributed by atoms with Crippen molar-refractivity contribution < 1.29 is 19.4 Å². The van der Waals surface area contributed by atoms with Gasteiger partial charge in [0.05, 0.1) is 11.1 Å². The number of nitrogens with zero attached hydrogens (tertiary/aromatic N) is 2. The van der Waals surface area contributed by atoms with Gasteiger partial charge in [-0.1, -0.05) is 13.8 Å². The summed E-state index contributed by atoms with van der Waals surface area (Å²) < 4.78 is 7.10. The molecule has 2 aromatic rings. The minimum atomic E-state index is -1.12. The number of hydrogen-bond acceptors (Lipinski definition) is 5. The molecule has 1 amide bonds. The predicted molar refractivity (Wildman–Crippen MR) is 99.2 cm³/mol. The van der Waals surface area contributed by atoms with Crippen LogP contribution < -0.4 is 10.5 Å². The lowest BCUT2D eigenvalue weighted by Gasteiger charge is -2.22. The maximum absolute atomic E-state index is 12.6. The van der Waals surface area contributed by atoms with Gasteiger partial charge in [0.2, 0.25) is 5.91 Å². The van der Waals surface area contributed by atoms with Gasteiger partial charge in [-0.05, 0) is 39.8 Å². The highest BCUT2D eigenvalue weighted by Crippen LogP contribution is 2.30. The highest BCUT2D eigenvalue weighted by molar-refractivity contribution is 6.07. The summed E-state index contributed by atoms with van der Waals surface area (Å²) in [7, 11) is 0. The SMILES string of the molecule is CC(C)C(=O)c1nn(C(C)(C)C(N)=O)c2cc(OCC(C)(C)O)ccc12. The van der Waals surface area contributed by atoms with Crippen LogP contribution in [0.3, 0.4) is 0 Å². The first-order valence-corrected chi connectivity index (χ1v) is 8.57. The van der Waals surface area contributed by atoms with Crippen molar-refractivity contribution in [1.29, 1.82) is 0 Å². The van der Waals surface area contributed by atoms with E-state index >= 15 is 0 Å². The Hall–Kier alpha value is -2.41. The summed E-state index contributed by atoms with van der Waals surface area (Å²) in [6.45, 7) is 10.3. The summed E-state index contributed by atoms with van der Waals surface area (Å²) in [6.07, 6.45) is 0. The fraction of sp³-hybridized carbons (Fsp3) is 0.526. The van der Waals surface area contributed by atoms with E-state index in [1.807, 2.05) is 0 Å². The lowest BCUT2D eigenvalue weighted by molar-refractivity contribution is -0.125. The standard InChI is InChI=1S/C19H27N3O4/c1-11(2)16(23)15-13-8-7-12(26-10-18(3,4)25)9-14(13)22(21-15)19(5,6)17(20)24/h7-9,11,25H,10H2,1-6H3,(H2,20,24). The van der Waals surface area contributed by atoms with E-state index in [0.717, 1.165) is 0 Å². The third-order valence-corrected chi connectivity index (χ3v) is 4.13. The highest BCUT2D eigenvalue weighted by Gasteiger charge is 2.32. The van der Waals surface area contributed by atoms with Gasteiger partial charge in [-0.2, -0.15) is 5.10 Å². The zero-order valence-corrected chi connectivity index (χ0v) is 16.2. The Bertz CT molecular complexity index is 844. The van der Waals surface area contributed by atoms with Crippen LogP contribution in [0.1, 0.15) is 52.0 Å². The minimum absolute atomic E-state index is 0.101. The van der Waals surface area contributed by atoms with Crippen LogP contribution in [0.5, 0.6) is 5.75 Å². The van der Waals surface area contributed by atoms with Gasteiger partial charge in [-0.15, -0.1) is 0 Å². The van der Waals surface area contributed by atoms with E-state index in [1.54, 1.807) is 59.7 Å². The zero-order valence-electron chi connectivity index (χ0n) is 16.2. The predicted octanol–water partition coefficient (Wildman–Crippen LogP) is 2.25. The lowest BCUT2D eigenvalue weighted by atomic mass is 10.0. The van der Waals surface area contributed by atoms with Crippen molar-refractivity contribution in [2.45, 2.75) is 52.7 Å². The van der Waals surface area contributed by atoms with Crippen LogP contribution in [0.15, 0.2) is 18.2 Å². The van der Waals surface area contributed by atoms with Crippen LogP contribution >= 0.6 is 0 Å². The van der Waals surface area contributed by atoms with Crippen LogP contribution in [-0.2, 0) is 10.3 Å². The Labute approximate surface area is 153 Å². The first kappa shape index (κ1) is 19.9. The molecular formula is C19H27N3O4. The van der Waals surface area contributed by atoms with Gasteiger partial charge in [-0.3, -0.25) is 9.59 Å². The number of ether oxygens (including phenoxy) is 1. The fourth-order valence-electron chi connectivity index (χ4n) is 2.43. The smallest absolute Gasteiger partial charge is 0.244 e. The number of carbonyl (C=O) groups excluding carboxylic acids is 2. The second kappa shape index (κ2) is 6.72. The zero-order chi connectivity index (χ0) is 19.9. The van der Waals surface area contributed by atoms with Crippen LogP contribution in [-0.4, -0.2) is 38.8 Å². The Morgan fingerprint density at radius 1 is 1.27 bits per heavy atom. The molecule has 0 fully saturated rings. The van der Waals surface area contributed by atoms with E-state index < -0.39 is 17.0 Å². The molecule has 1 aromatic heterocycles. The molecule has 7 nitrogen and oxygen atoms in total. The Morgan fingerprint density at radius 3 is 2.38 bits per heavy atom. The van der Waals surface area contributed by atoms with E-state index in [0.29, 0.717) is 22.3 Å². The Morgan fingerprint density at radius 2 is 1.88 bits per heavy atom. The summed E-state index contributed by atoms with van der Waals surface area (Å²) in [5, 5.41) is 14.9. The maximum atomic E-state index is 12.6. The number of Topliss-reactive ketones (excluding diaryl/α,β-unsaturated/α-hetero) is 1. The number of amides is 1. The number of nitrogens with two attached hydrogens (primary N) is 1. The number of aromatic nitrogens is 2. The molecule has 0 unspecified atom stereocenters. The number of aliphatic hydroxyl groups is 1. The first-order chi connectivity index (χ1) is 11.8. The lowest BCUT2D eigenvalue weighted by Crippen LogP contribution is -2.41. The average Bonchev–Trinajstić information content (AvgIpc) is 2.90. The van der Waals surface area contributed by atoms with E-state index in [-0.39, 0.29) is 18.3 Å². The topological polar surface area (TPSA) is 107 Å². The maximum Gasteiger partial charge on any atom is 0.244 e. The third-order valence-electron chi connectivity index (χ3n) is 4.13. The van der Waals surface area contributed by atoms with Crippen LogP contribution in [0.25, 0.3) is 10.9 Å². The summed E-state index contributed by atoms with van der Waals surface area (Å²) in [5.74, 6) is -0.401. The molecule has 0 atom stereocenters. The fourth-order valence-corrected chi connectivity index (χ4v) is 2.43. The molecule has 0 aliphatic rings. The average molecular weight is 361 g/mol. The largest absolute Gasteiger partial charge is 0.491 e. The van der Waals surface area contributed by atoms with Gasteiger partial charge < -0.3 is 15.6 Å². The summed E-state index contributed by atoms with van der Waals surface area (Å²) in [4.78, 5) is 24.5. The van der Waals surface area contributed by atoms with E-state index in [4.69, 9.17) is 10.5 Å². The van der Waals surface area contributed by atoms with Crippen molar-refractivity contribution in [3.8, 4) is 5.75 Å². The van der Waals surface area contributed by atoms with Gasteiger partial charge in [0.15, 0.2) is 5.78 Å². The molecule has 0 bridgehead atoms. The van der Waals surface area contributed by atoms with Gasteiger partial charge in [0.25, 0.3) is 0 Å². The van der Waals surface area contributed by atoms with E-state index in [9.17, 15) is 14.7 Å². The molecule has 1 aromatic carbocycles. The molecule has 0 saturated heterocycles. The number of carbonyl (C=O) groups is 2. The van der Waals surface area contributed by atoms with Crippen molar-refractivity contribution in [3.05, 3.63) is 23.9 Å². The van der Waals surface area contributed by atoms with Crippen LogP contribution in [0.4, 0.5) is 0 Å². The molecule has 7 heteroatoms. The normalized spacial score (nSPS) is 12.6. The monoisotopic (exact) mass is 361 g/mol. The number of rotatable bonds is 7. The number of benzene rings is 1. The molecule has 0 radical (unpaired) electrons. The second-order valence-electron chi connectivity index (χ2n) is 7.98. The molecule has 26 heavy (non-hydrogen) atoms. The van der Waals surface area contributed by atoms with Crippen LogP contribution in [0.2, 0.25) is 0 Å². The summed E-state index contributed by atoms with van der Waals surface area (Å²) >= 11 is 0. The number of primary amides is 1. The van der Waals surface area contributed by atoms with Gasteiger partial charge in [0.1, 0.15) is 23.6 Å². The number of hydrogen-bond donors (Lipinski definition) is 2. The molecular weight excluding hydrogens is 334 g/mol. The molecule has 0 spiro atoms. The van der Waals surface area contributed by atoms with E-state index in [2.05, 4.69) is 5.10 Å². The van der Waals surface area contributed by atoms with Crippen molar-refractivity contribution in [2.75, 3.05) is 6.61 Å². The third kappa shape index (κ3) is 3.88. The Balaban J connectivity index is 2.64. The van der Waals surface area contributed by atoms with Crippen LogP contribution in [0, 0.1) is 5.92 Å². The molecule has 1 heterocycles. The van der Waals surface area contributed by atoms with Crippen molar-refractivity contribution in [1.82, 2.24) is 9.78 Å². The Kier molecular flexibility index (Phi) is 5.14. The van der Waals surface area contributed by atoms with E-state index in [1.165, 1.54) is 4.68 Å². The highest BCUT2D eigenvalue weighted by atomic mass is 16.5. The van der Waals surface area contributed by atoms with Crippen molar-refractivity contribution in [2.24, 2.45) is 11.7 Å². The second-order valence-corrected chi connectivity index (χ2v) is 7.98. The van der Waals surface area contributed by atoms with Crippen molar-refractivity contribution >= 4 is 22.6 Å². The minimum Gasteiger partial charge on any atom is -0.491 e. The molecule has 0 aliphatic carbocycles. The summed E-state index contributed by atoms with van der Waals surface area (Å²) in [6, 6.07) is 5.16.